The van der Waals surface area contributed by atoms with E-state index < -0.39 is 0 Å². The maximum Gasteiger partial charge on any atom is 0.306 e. The van der Waals surface area contributed by atoms with E-state index in [0.717, 1.165) is 32.5 Å². The van der Waals surface area contributed by atoms with E-state index in [-0.39, 0.29) is 5.97 Å². The molecular formula is C17H25NO2. The lowest BCUT2D eigenvalue weighted by Crippen LogP contribution is -2.34. The van der Waals surface area contributed by atoms with Gasteiger partial charge >= 0.3 is 5.97 Å². The number of carbonyl (C=O) groups excluding carboxylic acids is 1. The quantitative estimate of drug-likeness (QED) is 0.773. The molecule has 110 valence electrons. The van der Waals surface area contributed by atoms with Crippen molar-refractivity contribution in [3.8, 4) is 0 Å². The number of hydrogen-bond acceptors (Lipinski definition) is 3. The second-order valence-electron chi connectivity index (χ2n) is 5.72. The molecule has 0 bridgehead atoms. The Balaban J connectivity index is 1.75. The second kappa shape index (κ2) is 7.44. The lowest BCUT2D eigenvalue weighted by Gasteiger charge is -2.31. The van der Waals surface area contributed by atoms with Crippen LogP contribution in [0.2, 0.25) is 0 Å². The van der Waals surface area contributed by atoms with Gasteiger partial charge in [0.1, 0.15) is 0 Å². The Morgan fingerprint density at radius 3 is 2.75 bits per heavy atom. The molecule has 1 aromatic carbocycles. The second-order valence-corrected chi connectivity index (χ2v) is 5.72. The third-order valence-corrected chi connectivity index (χ3v) is 3.96. The van der Waals surface area contributed by atoms with E-state index in [1.54, 1.807) is 0 Å². The summed E-state index contributed by atoms with van der Waals surface area (Å²) in [4.78, 5) is 14.0. The van der Waals surface area contributed by atoms with E-state index in [4.69, 9.17) is 4.74 Å². The number of benzene rings is 1. The average molecular weight is 275 g/mol. The minimum atomic E-state index is -0.0374. The van der Waals surface area contributed by atoms with Crippen LogP contribution in [0.3, 0.4) is 0 Å². The van der Waals surface area contributed by atoms with E-state index in [9.17, 15) is 4.79 Å². The SMILES string of the molecule is CCOC(=O)CC1CCN(Cc2cccc(C)c2)CC1. The fraction of sp³-hybridized carbons (Fsp3) is 0.588. The summed E-state index contributed by atoms with van der Waals surface area (Å²) in [6, 6.07) is 8.70. The lowest BCUT2D eigenvalue weighted by molar-refractivity contribution is -0.144. The van der Waals surface area contributed by atoms with Crippen LogP contribution in [0.5, 0.6) is 0 Å². The molecule has 1 aliphatic heterocycles. The predicted molar refractivity (Wildman–Crippen MR) is 80.4 cm³/mol. The highest BCUT2D eigenvalue weighted by atomic mass is 16.5. The normalized spacial score (nSPS) is 17.1. The van der Waals surface area contributed by atoms with Gasteiger partial charge in [-0.15, -0.1) is 0 Å². The Morgan fingerprint density at radius 2 is 2.10 bits per heavy atom. The zero-order valence-electron chi connectivity index (χ0n) is 12.6. The number of nitrogens with zero attached hydrogens (tertiary/aromatic N) is 1. The Bertz CT molecular complexity index is 436. The summed E-state index contributed by atoms with van der Waals surface area (Å²) < 4.78 is 5.03. The van der Waals surface area contributed by atoms with Crippen molar-refractivity contribution in [1.82, 2.24) is 4.90 Å². The van der Waals surface area contributed by atoms with E-state index >= 15 is 0 Å². The van der Waals surface area contributed by atoms with Crippen LogP contribution in [0.25, 0.3) is 0 Å². The van der Waals surface area contributed by atoms with Gasteiger partial charge in [0.15, 0.2) is 0 Å². The van der Waals surface area contributed by atoms with Gasteiger partial charge in [-0.1, -0.05) is 29.8 Å². The van der Waals surface area contributed by atoms with Crippen LogP contribution in [0, 0.1) is 12.8 Å². The van der Waals surface area contributed by atoms with Gasteiger partial charge in [-0.25, -0.2) is 0 Å². The number of ether oxygens (including phenoxy) is 1. The molecular weight excluding hydrogens is 250 g/mol. The minimum Gasteiger partial charge on any atom is -0.466 e. The Labute approximate surface area is 121 Å². The molecule has 3 nitrogen and oxygen atoms in total. The standard InChI is InChI=1S/C17H25NO2/c1-3-20-17(19)12-15-7-9-18(10-8-15)13-16-6-4-5-14(2)11-16/h4-6,11,15H,3,7-10,12-13H2,1-2H3. The van der Waals surface area contributed by atoms with Crippen molar-refractivity contribution < 1.29 is 9.53 Å². The smallest absolute Gasteiger partial charge is 0.306 e. The molecule has 0 spiro atoms. The molecule has 0 saturated carbocycles. The van der Waals surface area contributed by atoms with E-state index in [1.807, 2.05) is 6.92 Å². The summed E-state index contributed by atoms with van der Waals surface area (Å²) in [5, 5.41) is 0. The van der Waals surface area contributed by atoms with Crippen LogP contribution < -0.4 is 0 Å². The molecule has 0 aliphatic carbocycles. The minimum absolute atomic E-state index is 0.0374. The van der Waals surface area contributed by atoms with E-state index in [1.165, 1.54) is 11.1 Å². The molecule has 1 aliphatic rings. The summed E-state index contributed by atoms with van der Waals surface area (Å²) in [7, 11) is 0. The molecule has 1 heterocycles. The highest BCUT2D eigenvalue weighted by molar-refractivity contribution is 5.69. The molecule has 20 heavy (non-hydrogen) atoms. The van der Waals surface area contributed by atoms with Crippen LogP contribution in [-0.4, -0.2) is 30.6 Å². The first-order valence-electron chi connectivity index (χ1n) is 7.61. The lowest BCUT2D eigenvalue weighted by atomic mass is 9.93. The number of likely N-dealkylation sites (tertiary alicyclic amines) is 1. The topological polar surface area (TPSA) is 29.5 Å². The zero-order chi connectivity index (χ0) is 14.4. The molecule has 0 unspecified atom stereocenters. The van der Waals surface area contributed by atoms with Gasteiger partial charge < -0.3 is 4.74 Å². The predicted octanol–water partition coefficient (Wildman–Crippen LogP) is 3.16. The van der Waals surface area contributed by atoms with E-state index in [0.29, 0.717) is 18.9 Å². The third-order valence-electron chi connectivity index (χ3n) is 3.96. The van der Waals surface area contributed by atoms with Gasteiger partial charge in [-0.2, -0.15) is 0 Å². The molecule has 1 saturated heterocycles. The van der Waals surface area contributed by atoms with Gasteiger partial charge in [0.05, 0.1) is 6.61 Å². The Kier molecular flexibility index (Phi) is 5.60. The fourth-order valence-electron chi connectivity index (χ4n) is 2.87. The molecule has 1 aromatic rings. The Hall–Kier alpha value is -1.35. The van der Waals surface area contributed by atoms with Gasteiger partial charge in [0.25, 0.3) is 0 Å². The highest BCUT2D eigenvalue weighted by Crippen LogP contribution is 2.22. The summed E-state index contributed by atoms with van der Waals surface area (Å²) in [5.41, 5.74) is 2.70. The van der Waals surface area contributed by atoms with Crippen molar-refractivity contribution in [2.24, 2.45) is 5.92 Å². The first kappa shape index (κ1) is 15.0. The average Bonchev–Trinajstić information content (AvgIpc) is 2.41. The zero-order valence-corrected chi connectivity index (χ0v) is 12.6. The van der Waals surface area contributed by atoms with Gasteiger partial charge in [-0.05, 0) is 51.3 Å². The van der Waals surface area contributed by atoms with Crippen LogP contribution in [-0.2, 0) is 16.1 Å². The number of piperidine rings is 1. The van der Waals surface area contributed by atoms with Crippen LogP contribution in [0.15, 0.2) is 24.3 Å². The Morgan fingerprint density at radius 1 is 1.35 bits per heavy atom. The summed E-state index contributed by atoms with van der Waals surface area (Å²) in [5.74, 6) is 0.465. The van der Waals surface area contributed by atoms with Crippen LogP contribution >= 0.6 is 0 Å². The van der Waals surface area contributed by atoms with E-state index in [2.05, 4.69) is 36.1 Å². The molecule has 3 heteroatoms. The number of aryl methyl sites for hydroxylation is 1. The molecule has 2 rings (SSSR count). The first-order valence-corrected chi connectivity index (χ1v) is 7.61. The van der Waals surface area contributed by atoms with Crippen molar-refractivity contribution >= 4 is 5.97 Å². The molecule has 0 atom stereocenters. The summed E-state index contributed by atoms with van der Waals surface area (Å²) in [6.45, 7) is 7.67. The monoisotopic (exact) mass is 275 g/mol. The number of hydrogen-bond donors (Lipinski definition) is 0. The fourth-order valence-corrected chi connectivity index (χ4v) is 2.87. The molecule has 0 amide bonds. The maximum absolute atomic E-state index is 11.5. The molecule has 1 fully saturated rings. The van der Waals surface area contributed by atoms with Gasteiger partial charge in [-0.3, -0.25) is 9.69 Å². The summed E-state index contributed by atoms with van der Waals surface area (Å²) in [6.07, 6.45) is 2.79. The summed E-state index contributed by atoms with van der Waals surface area (Å²) >= 11 is 0. The maximum atomic E-state index is 11.5. The van der Waals surface area contributed by atoms with Crippen molar-refractivity contribution in [2.45, 2.75) is 39.7 Å². The van der Waals surface area contributed by atoms with Crippen molar-refractivity contribution in [3.05, 3.63) is 35.4 Å². The molecule has 0 radical (unpaired) electrons. The first-order chi connectivity index (χ1) is 9.67. The largest absolute Gasteiger partial charge is 0.466 e. The number of esters is 1. The van der Waals surface area contributed by atoms with Gasteiger partial charge in [0, 0.05) is 13.0 Å². The van der Waals surface area contributed by atoms with Gasteiger partial charge in [0.2, 0.25) is 0 Å². The van der Waals surface area contributed by atoms with Crippen molar-refractivity contribution in [2.75, 3.05) is 19.7 Å². The van der Waals surface area contributed by atoms with Crippen LogP contribution in [0.1, 0.15) is 37.3 Å². The molecule has 0 aromatic heterocycles. The number of rotatable bonds is 5. The number of carbonyl (C=O) groups is 1. The third kappa shape index (κ3) is 4.64. The molecule has 0 N–H and O–H groups in total. The highest BCUT2D eigenvalue weighted by Gasteiger charge is 2.21. The van der Waals surface area contributed by atoms with Crippen molar-refractivity contribution in [1.29, 1.82) is 0 Å². The van der Waals surface area contributed by atoms with Crippen molar-refractivity contribution in [3.63, 3.8) is 0 Å². The van der Waals surface area contributed by atoms with Crippen LogP contribution in [0.4, 0.5) is 0 Å².